The van der Waals surface area contributed by atoms with Crippen molar-refractivity contribution in [2.45, 2.75) is 6.04 Å². The zero-order valence-electron chi connectivity index (χ0n) is 13.6. The minimum Gasteiger partial charge on any atom is -0.454 e. The van der Waals surface area contributed by atoms with Crippen molar-refractivity contribution in [3.05, 3.63) is 58.6 Å². The van der Waals surface area contributed by atoms with Crippen LogP contribution < -0.4 is 14.8 Å². The molecule has 0 aliphatic carbocycles. The van der Waals surface area contributed by atoms with Crippen LogP contribution in [-0.4, -0.2) is 38.2 Å². The Hall–Kier alpha value is -2.24. The van der Waals surface area contributed by atoms with Crippen LogP contribution in [0.1, 0.15) is 22.0 Å². The van der Waals surface area contributed by atoms with Gasteiger partial charge in [0.15, 0.2) is 11.5 Å². The Morgan fingerprint density at radius 2 is 2.00 bits per heavy atom. The van der Waals surface area contributed by atoms with Crippen molar-refractivity contribution in [1.82, 2.24) is 10.2 Å². The zero-order valence-corrected chi connectivity index (χ0v) is 14.3. The predicted octanol–water partition coefficient (Wildman–Crippen LogP) is 3.10. The van der Waals surface area contributed by atoms with Crippen molar-refractivity contribution in [3.8, 4) is 11.5 Å². The fraction of sp³-hybridized carbons (Fsp3) is 0.278. The van der Waals surface area contributed by atoms with E-state index in [4.69, 9.17) is 21.1 Å². The Balaban J connectivity index is 1.72. The van der Waals surface area contributed by atoms with Crippen LogP contribution in [0, 0.1) is 0 Å². The summed E-state index contributed by atoms with van der Waals surface area (Å²) in [4.78, 5) is 14.5. The second kappa shape index (κ2) is 7.11. The third-order valence-electron chi connectivity index (χ3n) is 3.95. The highest BCUT2D eigenvalue weighted by Gasteiger charge is 2.21. The molecular formula is C18H19ClN2O3. The summed E-state index contributed by atoms with van der Waals surface area (Å²) in [5.41, 5.74) is 1.60. The molecule has 0 bridgehead atoms. The van der Waals surface area contributed by atoms with E-state index in [1.807, 2.05) is 44.4 Å². The van der Waals surface area contributed by atoms with Gasteiger partial charge in [-0.3, -0.25) is 4.79 Å². The van der Waals surface area contributed by atoms with Gasteiger partial charge in [-0.2, -0.15) is 0 Å². The number of carbonyl (C=O) groups excluding carboxylic acids is 1. The second-order valence-electron chi connectivity index (χ2n) is 5.79. The lowest BCUT2D eigenvalue weighted by Gasteiger charge is -2.25. The molecule has 1 unspecified atom stereocenters. The first-order valence-electron chi connectivity index (χ1n) is 7.65. The molecule has 0 spiro atoms. The summed E-state index contributed by atoms with van der Waals surface area (Å²) in [7, 11) is 3.97. The maximum absolute atomic E-state index is 12.5. The summed E-state index contributed by atoms with van der Waals surface area (Å²) in [6, 6.07) is 13.4. The maximum atomic E-state index is 12.5. The van der Waals surface area contributed by atoms with E-state index in [1.54, 1.807) is 12.1 Å². The van der Waals surface area contributed by atoms with Crippen LogP contribution in [-0.2, 0) is 0 Å². The van der Waals surface area contributed by atoms with E-state index < -0.39 is 0 Å². The van der Waals surface area contributed by atoms with E-state index >= 15 is 0 Å². The van der Waals surface area contributed by atoms with Crippen LogP contribution in [0.3, 0.4) is 0 Å². The fourth-order valence-electron chi connectivity index (χ4n) is 2.66. The lowest BCUT2D eigenvalue weighted by atomic mass is 10.1. The van der Waals surface area contributed by atoms with E-state index in [-0.39, 0.29) is 18.7 Å². The molecule has 2 aromatic rings. The summed E-state index contributed by atoms with van der Waals surface area (Å²) in [6.45, 7) is 0.610. The molecular weight excluding hydrogens is 328 g/mol. The minimum absolute atomic E-state index is 0.0830. The Morgan fingerprint density at radius 1 is 1.25 bits per heavy atom. The zero-order chi connectivity index (χ0) is 17.1. The largest absolute Gasteiger partial charge is 0.454 e. The van der Waals surface area contributed by atoms with Gasteiger partial charge in [-0.05, 0) is 31.8 Å². The van der Waals surface area contributed by atoms with Crippen LogP contribution in [0.15, 0.2) is 42.5 Å². The SMILES string of the molecule is CN(C)C(CNC(=O)c1cc(Cl)c2c(c1)OCO2)c1ccccc1. The molecule has 6 heteroatoms. The van der Waals surface area contributed by atoms with Crippen LogP contribution in [0.25, 0.3) is 0 Å². The van der Waals surface area contributed by atoms with Gasteiger partial charge in [0.1, 0.15) is 0 Å². The fourth-order valence-corrected chi connectivity index (χ4v) is 2.93. The van der Waals surface area contributed by atoms with Gasteiger partial charge in [-0.15, -0.1) is 0 Å². The number of hydrogen-bond donors (Lipinski definition) is 1. The number of nitrogens with one attached hydrogen (secondary N) is 1. The molecule has 24 heavy (non-hydrogen) atoms. The van der Waals surface area contributed by atoms with E-state index in [0.717, 1.165) is 5.56 Å². The smallest absolute Gasteiger partial charge is 0.251 e. The highest BCUT2D eigenvalue weighted by atomic mass is 35.5. The normalized spacial score (nSPS) is 13.8. The van der Waals surface area contributed by atoms with E-state index in [9.17, 15) is 4.79 Å². The Kier molecular flexibility index (Phi) is 4.92. The highest BCUT2D eigenvalue weighted by Crippen LogP contribution is 2.39. The van der Waals surface area contributed by atoms with Crippen molar-refractivity contribution in [3.63, 3.8) is 0 Å². The molecule has 1 aliphatic heterocycles. The van der Waals surface area contributed by atoms with Crippen molar-refractivity contribution in [2.24, 2.45) is 0 Å². The van der Waals surface area contributed by atoms with Crippen molar-refractivity contribution >= 4 is 17.5 Å². The van der Waals surface area contributed by atoms with Gasteiger partial charge in [0.2, 0.25) is 6.79 Å². The molecule has 126 valence electrons. The van der Waals surface area contributed by atoms with Crippen LogP contribution in [0.4, 0.5) is 0 Å². The molecule has 1 atom stereocenters. The third kappa shape index (κ3) is 3.47. The Labute approximate surface area is 146 Å². The minimum atomic E-state index is -0.196. The quantitative estimate of drug-likeness (QED) is 0.903. The van der Waals surface area contributed by atoms with E-state index in [2.05, 4.69) is 10.2 Å². The highest BCUT2D eigenvalue weighted by molar-refractivity contribution is 6.32. The summed E-state index contributed by atoms with van der Waals surface area (Å²) in [5, 5.41) is 3.34. The van der Waals surface area contributed by atoms with Gasteiger partial charge >= 0.3 is 0 Å². The van der Waals surface area contributed by atoms with Gasteiger partial charge < -0.3 is 19.7 Å². The third-order valence-corrected chi connectivity index (χ3v) is 4.23. The average molecular weight is 347 g/mol. The summed E-state index contributed by atoms with van der Waals surface area (Å²) < 4.78 is 10.6. The monoisotopic (exact) mass is 346 g/mol. The first-order valence-corrected chi connectivity index (χ1v) is 8.03. The molecule has 1 aliphatic rings. The van der Waals surface area contributed by atoms with Crippen molar-refractivity contribution < 1.29 is 14.3 Å². The molecule has 5 nitrogen and oxygen atoms in total. The van der Waals surface area contributed by atoms with E-state index in [1.165, 1.54) is 0 Å². The van der Waals surface area contributed by atoms with Gasteiger partial charge in [-0.1, -0.05) is 41.9 Å². The number of likely N-dealkylation sites (N-methyl/N-ethyl adjacent to an activating group) is 1. The second-order valence-corrected chi connectivity index (χ2v) is 6.20. The number of halogens is 1. The summed E-state index contributed by atoms with van der Waals surface area (Å²) in [5.74, 6) is 0.793. The molecule has 1 N–H and O–H groups in total. The van der Waals surface area contributed by atoms with Crippen molar-refractivity contribution in [2.75, 3.05) is 27.4 Å². The molecule has 0 radical (unpaired) electrons. The standard InChI is InChI=1S/C18H19ClN2O3/c1-21(2)15(12-6-4-3-5-7-12)10-20-18(22)13-8-14(19)17-16(9-13)23-11-24-17/h3-9,15H,10-11H2,1-2H3,(H,20,22). The van der Waals surface area contributed by atoms with Gasteiger partial charge in [0, 0.05) is 12.1 Å². The number of hydrogen-bond acceptors (Lipinski definition) is 4. The van der Waals surface area contributed by atoms with E-state index in [0.29, 0.717) is 28.6 Å². The molecule has 0 aromatic heterocycles. The van der Waals surface area contributed by atoms with Crippen LogP contribution in [0.5, 0.6) is 11.5 Å². The first kappa shape index (κ1) is 16.6. The summed E-state index contributed by atoms with van der Waals surface area (Å²) in [6.07, 6.45) is 0. The molecule has 0 fully saturated rings. The Bertz CT molecular complexity index is 735. The Morgan fingerprint density at radius 3 is 2.71 bits per heavy atom. The topological polar surface area (TPSA) is 50.8 Å². The van der Waals surface area contributed by atoms with Gasteiger partial charge in [0.05, 0.1) is 11.1 Å². The summed E-state index contributed by atoms with van der Waals surface area (Å²) >= 11 is 6.13. The number of rotatable bonds is 5. The molecule has 2 aromatic carbocycles. The number of nitrogens with zero attached hydrogens (tertiary/aromatic N) is 1. The lowest BCUT2D eigenvalue weighted by molar-refractivity contribution is 0.0941. The van der Waals surface area contributed by atoms with Gasteiger partial charge in [-0.25, -0.2) is 0 Å². The van der Waals surface area contributed by atoms with Gasteiger partial charge in [0.25, 0.3) is 5.91 Å². The predicted molar refractivity (Wildman–Crippen MR) is 92.8 cm³/mol. The molecule has 1 amide bonds. The number of carbonyl (C=O) groups is 1. The lowest BCUT2D eigenvalue weighted by Crippen LogP contribution is -2.34. The molecule has 3 rings (SSSR count). The molecule has 0 saturated carbocycles. The number of fused-ring (bicyclic) bond motifs is 1. The van der Waals surface area contributed by atoms with Crippen LogP contribution in [0.2, 0.25) is 5.02 Å². The number of benzene rings is 2. The first-order chi connectivity index (χ1) is 11.6. The maximum Gasteiger partial charge on any atom is 0.251 e. The average Bonchev–Trinajstić information content (AvgIpc) is 3.04. The van der Waals surface area contributed by atoms with Crippen LogP contribution >= 0.6 is 11.6 Å². The molecule has 1 heterocycles. The number of amides is 1. The number of ether oxygens (including phenoxy) is 2. The van der Waals surface area contributed by atoms with Crippen molar-refractivity contribution in [1.29, 1.82) is 0 Å². The molecule has 0 saturated heterocycles.